The van der Waals surface area contributed by atoms with Crippen molar-refractivity contribution in [1.29, 1.82) is 0 Å². The lowest BCUT2D eigenvalue weighted by Gasteiger charge is -2.14. The summed E-state index contributed by atoms with van der Waals surface area (Å²) in [6.45, 7) is 3.19. The summed E-state index contributed by atoms with van der Waals surface area (Å²) in [6, 6.07) is 5.77. The molecule has 0 saturated carbocycles. The zero-order chi connectivity index (χ0) is 12.7. The molecule has 4 nitrogen and oxygen atoms in total. The van der Waals surface area contributed by atoms with Gasteiger partial charge in [0, 0.05) is 18.7 Å². The molecule has 0 spiro atoms. The monoisotopic (exact) mass is 239 g/mol. The number of hydrogen-bond donors (Lipinski definition) is 2. The van der Waals surface area contributed by atoms with Gasteiger partial charge in [-0.1, -0.05) is 19.1 Å². The highest BCUT2D eigenvalue weighted by atomic mass is 16.5. The van der Waals surface area contributed by atoms with Gasteiger partial charge in [0.25, 0.3) is 0 Å². The van der Waals surface area contributed by atoms with E-state index in [-0.39, 0.29) is 6.10 Å². The van der Waals surface area contributed by atoms with Gasteiger partial charge in [0.15, 0.2) is 11.5 Å². The van der Waals surface area contributed by atoms with Gasteiger partial charge in [-0.05, 0) is 12.5 Å². The Balaban J connectivity index is 2.64. The molecule has 1 aromatic rings. The zero-order valence-corrected chi connectivity index (χ0v) is 10.7. The maximum absolute atomic E-state index is 9.44. The van der Waals surface area contributed by atoms with Crippen LogP contribution in [0.3, 0.4) is 0 Å². The third-order valence-corrected chi connectivity index (χ3v) is 2.65. The van der Waals surface area contributed by atoms with Crippen molar-refractivity contribution >= 4 is 0 Å². The molecule has 0 aliphatic heterocycles. The summed E-state index contributed by atoms with van der Waals surface area (Å²) in [7, 11) is 3.25. The van der Waals surface area contributed by atoms with E-state index in [0.29, 0.717) is 13.1 Å². The summed E-state index contributed by atoms with van der Waals surface area (Å²) in [5.74, 6) is 1.47. The van der Waals surface area contributed by atoms with E-state index in [4.69, 9.17) is 9.47 Å². The second-order valence-corrected chi connectivity index (χ2v) is 3.85. The van der Waals surface area contributed by atoms with Crippen LogP contribution in [0.5, 0.6) is 11.5 Å². The van der Waals surface area contributed by atoms with Crippen LogP contribution in [0.2, 0.25) is 0 Å². The van der Waals surface area contributed by atoms with Gasteiger partial charge >= 0.3 is 0 Å². The van der Waals surface area contributed by atoms with Gasteiger partial charge in [-0.3, -0.25) is 0 Å². The SMILES string of the molecule is CCC(O)CNCc1cccc(OC)c1OC. The van der Waals surface area contributed by atoms with E-state index >= 15 is 0 Å². The fourth-order valence-corrected chi connectivity index (χ4v) is 1.61. The highest BCUT2D eigenvalue weighted by Gasteiger charge is 2.09. The van der Waals surface area contributed by atoms with Crippen molar-refractivity contribution in [3.63, 3.8) is 0 Å². The molecule has 1 atom stereocenters. The molecule has 0 aromatic heterocycles. The fourth-order valence-electron chi connectivity index (χ4n) is 1.61. The van der Waals surface area contributed by atoms with Gasteiger partial charge in [0.1, 0.15) is 0 Å². The number of aliphatic hydroxyl groups is 1. The lowest BCUT2D eigenvalue weighted by Crippen LogP contribution is -2.25. The molecule has 2 N–H and O–H groups in total. The van der Waals surface area contributed by atoms with Crippen LogP contribution in [-0.4, -0.2) is 32.0 Å². The lowest BCUT2D eigenvalue weighted by molar-refractivity contribution is 0.167. The van der Waals surface area contributed by atoms with E-state index in [9.17, 15) is 5.11 Å². The van der Waals surface area contributed by atoms with E-state index in [2.05, 4.69) is 5.32 Å². The maximum atomic E-state index is 9.44. The normalized spacial score (nSPS) is 12.2. The average Bonchev–Trinajstić information content (AvgIpc) is 2.37. The molecular formula is C13H21NO3. The second-order valence-electron chi connectivity index (χ2n) is 3.85. The van der Waals surface area contributed by atoms with Crippen molar-refractivity contribution in [2.75, 3.05) is 20.8 Å². The van der Waals surface area contributed by atoms with E-state index in [1.54, 1.807) is 14.2 Å². The summed E-state index contributed by atoms with van der Waals surface area (Å²) < 4.78 is 10.5. The van der Waals surface area contributed by atoms with Crippen molar-refractivity contribution in [2.24, 2.45) is 0 Å². The highest BCUT2D eigenvalue weighted by Crippen LogP contribution is 2.30. The van der Waals surface area contributed by atoms with Crippen molar-refractivity contribution in [1.82, 2.24) is 5.32 Å². The maximum Gasteiger partial charge on any atom is 0.165 e. The molecule has 0 radical (unpaired) electrons. The molecule has 0 fully saturated rings. The van der Waals surface area contributed by atoms with Crippen molar-refractivity contribution in [3.05, 3.63) is 23.8 Å². The predicted molar refractivity (Wildman–Crippen MR) is 67.6 cm³/mol. The summed E-state index contributed by atoms with van der Waals surface area (Å²) in [6.07, 6.45) is 0.453. The summed E-state index contributed by atoms with van der Waals surface area (Å²) in [4.78, 5) is 0. The van der Waals surface area contributed by atoms with E-state index in [1.807, 2.05) is 25.1 Å². The van der Waals surface area contributed by atoms with Crippen LogP contribution in [0, 0.1) is 0 Å². The van der Waals surface area contributed by atoms with E-state index in [1.165, 1.54) is 0 Å². The molecule has 1 aromatic carbocycles. The number of aliphatic hydroxyl groups excluding tert-OH is 1. The third-order valence-electron chi connectivity index (χ3n) is 2.65. The molecule has 0 amide bonds. The molecule has 0 aliphatic rings. The number of ether oxygens (including phenoxy) is 2. The third kappa shape index (κ3) is 3.91. The zero-order valence-electron chi connectivity index (χ0n) is 10.7. The van der Waals surface area contributed by atoms with Crippen LogP contribution in [-0.2, 0) is 6.54 Å². The van der Waals surface area contributed by atoms with E-state index in [0.717, 1.165) is 23.5 Å². The van der Waals surface area contributed by atoms with Gasteiger partial charge in [-0.25, -0.2) is 0 Å². The first kappa shape index (κ1) is 13.8. The predicted octanol–water partition coefficient (Wildman–Crippen LogP) is 1.56. The number of rotatable bonds is 7. The van der Waals surface area contributed by atoms with Gasteiger partial charge < -0.3 is 19.9 Å². The first-order valence-corrected chi connectivity index (χ1v) is 5.81. The van der Waals surface area contributed by atoms with Crippen LogP contribution in [0.15, 0.2) is 18.2 Å². The first-order valence-electron chi connectivity index (χ1n) is 5.81. The summed E-state index contributed by atoms with van der Waals surface area (Å²) in [5, 5.41) is 12.6. The molecule has 1 unspecified atom stereocenters. The Morgan fingerprint density at radius 2 is 2.06 bits per heavy atom. The molecule has 17 heavy (non-hydrogen) atoms. The molecule has 0 bridgehead atoms. The molecule has 0 saturated heterocycles. The van der Waals surface area contributed by atoms with Gasteiger partial charge in [0.2, 0.25) is 0 Å². The number of nitrogens with one attached hydrogen (secondary N) is 1. The van der Waals surface area contributed by atoms with Crippen molar-refractivity contribution in [2.45, 2.75) is 26.0 Å². The smallest absolute Gasteiger partial charge is 0.165 e. The minimum atomic E-state index is -0.299. The summed E-state index contributed by atoms with van der Waals surface area (Å²) >= 11 is 0. The Labute approximate surface area is 103 Å². The molecular weight excluding hydrogens is 218 g/mol. The molecule has 4 heteroatoms. The Morgan fingerprint density at radius 3 is 2.65 bits per heavy atom. The van der Waals surface area contributed by atoms with Crippen molar-refractivity contribution in [3.8, 4) is 11.5 Å². The van der Waals surface area contributed by atoms with Crippen LogP contribution in [0.4, 0.5) is 0 Å². The number of benzene rings is 1. The molecule has 0 aliphatic carbocycles. The fraction of sp³-hybridized carbons (Fsp3) is 0.538. The highest BCUT2D eigenvalue weighted by molar-refractivity contribution is 5.46. The number of para-hydroxylation sites is 1. The largest absolute Gasteiger partial charge is 0.493 e. The second kappa shape index (κ2) is 7.14. The van der Waals surface area contributed by atoms with Crippen molar-refractivity contribution < 1.29 is 14.6 Å². The summed E-state index contributed by atoms with van der Waals surface area (Å²) in [5.41, 5.74) is 1.02. The molecule has 0 heterocycles. The van der Waals surface area contributed by atoms with Crippen LogP contribution < -0.4 is 14.8 Å². The van der Waals surface area contributed by atoms with Gasteiger partial charge in [-0.2, -0.15) is 0 Å². The minimum absolute atomic E-state index is 0.299. The lowest BCUT2D eigenvalue weighted by atomic mass is 10.1. The Morgan fingerprint density at radius 1 is 1.29 bits per heavy atom. The van der Waals surface area contributed by atoms with Crippen LogP contribution in [0.1, 0.15) is 18.9 Å². The average molecular weight is 239 g/mol. The standard InChI is InChI=1S/C13H21NO3/c1-4-11(15)9-14-8-10-6-5-7-12(16-2)13(10)17-3/h5-7,11,14-15H,4,8-9H2,1-3H3. The molecule has 96 valence electrons. The van der Waals surface area contributed by atoms with Crippen LogP contribution >= 0.6 is 0 Å². The molecule has 1 rings (SSSR count). The number of methoxy groups -OCH3 is 2. The Bertz CT molecular complexity index is 341. The number of hydrogen-bond acceptors (Lipinski definition) is 4. The Hall–Kier alpha value is -1.26. The quantitative estimate of drug-likeness (QED) is 0.758. The van der Waals surface area contributed by atoms with Crippen LogP contribution in [0.25, 0.3) is 0 Å². The van der Waals surface area contributed by atoms with Gasteiger partial charge in [0.05, 0.1) is 20.3 Å². The Kier molecular flexibility index (Phi) is 5.80. The van der Waals surface area contributed by atoms with E-state index < -0.39 is 0 Å². The first-order chi connectivity index (χ1) is 8.22. The minimum Gasteiger partial charge on any atom is -0.493 e. The topological polar surface area (TPSA) is 50.7 Å². The van der Waals surface area contributed by atoms with Gasteiger partial charge in [-0.15, -0.1) is 0 Å².